The Morgan fingerprint density at radius 3 is 2.41 bits per heavy atom. The Bertz CT molecular complexity index is 619. The maximum absolute atomic E-state index is 6.60. The minimum Gasteiger partial charge on any atom is -0.493 e. The maximum Gasteiger partial charge on any atom is 0.165 e. The van der Waals surface area contributed by atoms with Gasteiger partial charge < -0.3 is 15.2 Å². The molecule has 3 nitrogen and oxygen atoms in total. The van der Waals surface area contributed by atoms with Crippen LogP contribution in [0.1, 0.15) is 36.8 Å². The van der Waals surface area contributed by atoms with Crippen molar-refractivity contribution in [3.63, 3.8) is 0 Å². The molecule has 1 aliphatic carbocycles. The zero-order valence-electron chi connectivity index (χ0n) is 13.0. The van der Waals surface area contributed by atoms with Gasteiger partial charge in [-0.25, -0.2) is 0 Å². The number of benzene rings is 2. The Hall–Kier alpha value is -2.00. The van der Waals surface area contributed by atoms with E-state index in [4.69, 9.17) is 15.2 Å². The molecule has 0 amide bonds. The monoisotopic (exact) mass is 297 g/mol. The second-order valence-corrected chi connectivity index (χ2v) is 5.97. The molecule has 2 N–H and O–H groups in total. The van der Waals surface area contributed by atoms with Crippen molar-refractivity contribution < 1.29 is 9.47 Å². The lowest BCUT2D eigenvalue weighted by atomic mass is 9.88. The molecular weight excluding hydrogens is 274 g/mol. The summed E-state index contributed by atoms with van der Waals surface area (Å²) < 4.78 is 11.6. The first-order valence-electron chi connectivity index (χ1n) is 7.86. The average molecular weight is 297 g/mol. The van der Waals surface area contributed by atoms with Gasteiger partial charge >= 0.3 is 0 Å². The zero-order chi connectivity index (χ0) is 15.4. The van der Waals surface area contributed by atoms with Crippen molar-refractivity contribution in [3.8, 4) is 11.5 Å². The SMILES string of the molecule is COc1c(OCc2ccccc2)cccc1C1(N)CCCC1. The molecule has 0 atom stereocenters. The molecule has 3 rings (SSSR count). The summed E-state index contributed by atoms with van der Waals surface area (Å²) in [6.45, 7) is 0.526. The maximum atomic E-state index is 6.60. The van der Waals surface area contributed by atoms with Crippen LogP contribution in [0, 0.1) is 0 Å². The van der Waals surface area contributed by atoms with Crippen LogP contribution in [0.2, 0.25) is 0 Å². The van der Waals surface area contributed by atoms with Gasteiger partial charge in [-0.1, -0.05) is 55.3 Å². The molecule has 2 aromatic carbocycles. The summed E-state index contributed by atoms with van der Waals surface area (Å²) in [5.41, 5.74) is 8.52. The standard InChI is InChI=1S/C19H23NO2/c1-21-18-16(19(20)12-5-6-13-19)10-7-11-17(18)22-14-15-8-3-2-4-9-15/h2-4,7-11H,5-6,12-14,20H2,1H3. The van der Waals surface area contributed by atoms with E-state index in [2.05, 4.69) is 18.2 Å². The first-order valence-corrected chi connectivity index (χ1v) is 7.86. The highest BCUT2D eigenvalue weighted by atomic mass is 16.5. The van der Waals surface area contributed by atoms with Crippen LogP contribution in [0.5, 0.6) is 11.5 Å². The van der Waals surface area contributed by atoms with E-state index >= 15 is 0 Å². The molecule has 0 spiro atoms. The highest BCUT2D eigenvalue weighted by Gasteiger charge is 2.34. The average Bonchev–Trinajstić information content (AvgIpc) is 3.01. The summed E-state index contributed by atoms with van der Waals surface area (Å²) in [7, 11) is 1.69. The van der Waals surface area contributed by atoms with Crippen LogP contribution in [0.15, 0.2) is 48.5 Å². The van der Waals surface area contributed by atoms with E-state index in [0.717, 1.165) is 35.5 Å². The third-order valence-electron chi connectivity index (χ3n) is 4.45. The van der Waals surface area contributed by atoms with Gasteiger partial charge in [-0.2, -0.15) is 0 Å². The lowest BCUT2D eigenvalue weighted by molar-refractivity contribution is 0.279. The quantitative estimate of drug-likeness (QED) is 0.907. The number of para-hydroxylation sites is 1. The second-order valence-electron chi connectivity index (χ2n) is 5.97. The minimum absolute atomic E-state index is 0.280. The van der Waals surface area contributed by atoms with Gasteiger partial charge in [-0.3, -0.25) is 0 Å². The topological polar surface area (TPSA) is 44.5 Å². The third-order valence-corrected chi connectivity index (χ3v) is 4.45. The molecule has 0 saturated heterocycles. The van der Waals surface area contributed by atoms with Crippen LogP contribution in [0.4, 0.5) is 0 Å². The number of ether oxygens (including phenoxy) is 2. The highest BCUT2D eigenvalue weighted by Crippen LogP contribution is 2.44. The van der Waals surface area contributed by atoms with E-state index < -0.39 is 0 Å². The highest BCUT2D eigenvalue weighted by molar-refractivity contribution is 5.50. The Labute approximate surface area is 132 Å². The Morgan fingerprint density at radius 1 is 1.00 bits per heavy atom. The van der Waals surface area contributed by atoms with Gasteiger partial charge in [0.1, 0.15) is 6.61 Å². The van der Waals surface area contributed by atoms with E-state index in [1.807, 2.05) is 30.3 Å². The van der Waals surface area contributed by atoms with E-state index in [9.17, 15) is 0 Å². The van der Waals surface area contributed by atoms with Crippen LogP contribution in [0.25, 0.3) is 0 Å². The molecule has 0 aliphatic heterocycles. The van der Waals surface area contributed by atoms with Gasteiger partial charge in [-0.05, 0) is 24.5 Å². The summed E-state index contributed by atoms with van der Waals surface area (Å²) in [5, 5.41) is 0. The predicted molar refractivity (Wildman–Crippen MR) is 88.1 cm³/mol. The lowest BCUT2D eigenvalue weighted by Crippen LogP contribution is -2.33. The van der Waals surface area contributed by atoms with Crippen molar-refractivity contribution in [3.05, 3.63) is 59.7 Å². The van der Waals surface area contributed by atoms with E-state index in [-0.39, 0.29) is 5.54 Å². The van der Waals surface area contributed by atoms with E-state index in [1.54, 1.807) is 7.11 Å². The smallest absolute Gasteiger partial charge is 0.165 e. The summed E-state index contributed by atoms with van der Waals surface area (Å²) in [6.07, 6.45) is 4.36. The van der Waals surface area contributed by atoms with Crippen LogP contribution in [0.3, 0.4) is 0 Å². The fourth-order valence-electron chi connectivity index (χ4n) is 3.24. The molecule has 1 fully saturated rings. The lowest BCUT2D eigenvalue weighted by Gasteiger charge is -2.27. The van der Waals surface area contributed by atoms with Gasteiger partial charge in [0, 0.05) is 11.1 Å². The molecule has 0 unspecified atom stereocenters. The van der Waals surface area contributed by atoms with Gasteiger partial charge in [0.25, 0.3) is 0 Å². The largest absolute Gasteiger partial charge is 0.493 e. The van der Waals surface area contributed by atoms with Crippen LogP contribution in [-0.4, -0.2) is 7.11 Å². The Balaban J connectivity index is 1.85. The predicted octanol–water partition coefficient (Wildman–Crippen LogP) is 4.00. The first-order chi connectivity index (χ1) is 10.7. The van der Waals surface area contributed by atoms with Crippen molar-refractivity contribution in [2.75, 3.05) is 7.11 Å². The van der Waals surface area contributed by atoms with E-state index in [1.165, 1.54) is 12.8 Å². The fraction of sp³-hybridized carbons (Fsp3) is 0.368. The Kier molecular flexibility index (Phi) is 4.34. The molecule has 0 aromatic heterocycles. The van der Waals surface area contributed by atoms with Crippen molar-refractivity contribution >= 4 is 0 Å². The van der Waals surface area contributed by atoms with Crippen LogP contribution < -0.4 is 15.2 Å². The normalized spacial score (nSPS) is 16.5. The summed E-state index contributed by atoms with van der Waals surface area (Å²) >= 11 is 0. The van der Waals surface area contributed by atoms with Gasteiger partial charge in [0.15, 0.2) is 11.5 Å². The van der Waals surface area contributed by atoms with Crippen molar-refractivity contribution in [2.45, 2.75) is 37.8 Å². The molecule has 1 aliphatic rings. The number of hydrogen-bond donors (Lipinski definition) is 1. The first kappa shape index (κ1) is 14.9. The van der Waals surface area contributed by atoms with Gasteiger partial charge in [0.05, 0.1) is 7.11 Å². The number of rotatable bonds is 5. The Morgan fingerprint density at radius 2 is 1.73 bits per heavy atom. The fourth-order valence-corrected chi connectivity index (χ4v) is 3.24. The molecule has 1 saturated carbocycles. The molecule has 116 valence electrons. The minimum atomic E-state index is -0.280. The number of nitrogens with two attached hydrogens (primary N) is 1. The van der Waals surface area contributed by atoms with E-state index in [0.29, 0.717) is 6.61 Å². The molecule has 0 bridgehead atoms. The molecular formula is C19H23NO2. The van der Waals surface area contributed by atoms with Crippen LogP contribution >= 0.6 is 0 Å². The van der Waals surface area contributed by atoms with Crippen molar-refractivity contribution in [2.24, 2.45) is 5.73 Å². The zero-order valence-corrected chi connectivity index (χ0v) is 13.0. The molecule has 2 aromatic rings. The number of methoxy groups -OCH3 is 1. The number of hydrogen-bond acceptors (Lipinski definition) is 3. The van der Waals surface area contributed by atoms with Crippen molar-refractivity contribution in [1.82, 2.24) is 0 Å². The van der Waals surface area contributed by atoms with Crippen LogP contribution in [-0.2, 0) is 12.1 Å². The summed E-state index contributed by atoms with van der Waals surface area (Å²) in [6, 6.07) is 16.2. The summed E-state index contributed by atoms with van der Waals surface area (Å²) in [5.74, 6) is 1.54. The third kappa shape index (κ3) is 2.95. The summed E-state index contributed by atoms with van der Waals surface area (Å²) in [4.78, 5) is 0. The molecule has 0 heterocycles. The molecule has 3 heteroatoms. The second kappa shape index (κ2) is 6.41. The van der Waals surface area contributed by atoms with Gasteiger partial charge in [-0.15, -0.1) is 0 Å². The molecule has 22 heavy (non-hydrogen) atoms. The van der Waals surface area contributed by atoms with Gasteiger partial charge in [0.2, 0.25) is 0 Å². The van der Waals surface area contributed by atoms with Crippen molar-refractivity contribution in [1.29, 1.82) is 0 Å². The molecule has 0 radical (unpaired) electrons.